The topological polar surface area (TPSA) is 24.5 Å². The average Bonchev–Trinajstić information content (AvgIpc) is 3.21. The van der Waals surface area contributed by atoms with Gasteiger partial charge in [-0.05, 0) is 36.8 Å². The lowest BCUT2D eigenvalue weighted by atomic mass is 9.96. The van der Waals surface area contributed by atoms with Crippen molar-refractivity contribution in [2.24, 2.45) is 5.92 Å². The SMILES string of the molecule is CCN1CCOC(CNC(c2cccs2)C2CCCC2)C1. The van der Waals surface area contributed by atoms with Gasteiger partial charge in [-0.2, -0.15) is 0 Å². The van der Waals surface area contributed by atoms with Gasteiger partial charge in [0.2, 0.25) is 0 Å². The van der Waals surface area contributed by atoms with Crippen LogP contribution >= 0.6 is 11.3 Å². The highest BCUT2D eigenvalue weighted by Crippen LogP contribution is 2.37. The Balaban J connectivity index is 1.57. The molecule has 2 aliphatic rings. The molecule has 0 spiro atoms. The standard InChI is InChI=1S/C17H28N2OS/c1-2-19-9-10-20-15(13-19)12-18-17(14-6-3-4-7-14)16-8-5-11-21-16/h5,8,11,14-15,17-18H,2-4,6-7,9-10,12-13H2,1H3. The van der Waals surface area contributed by atoms with E-state index in [4.69, 9.17) is 4.74 Å². The number of nitrogens with zero attached hydrogens (tertiary/aromatic N) is 1. The van der Waals surface area contributed by atoms with E-state index in [0.717, 1.165) is 38.7 Å². The number of ether oxygens (including phenoxy) is 1. The molecule has 21 heavy (non-hydrogen) atoms. The van der Waals surface area contributed by atoms with Gasteiger partial charge < -0.3 is 10.1 Å². The van der Waals surface area contributed by atoms with Crippen LogP contribution in [-0.2, 0) is 4.74 Å². The number of hydrogen-bond donors (Lipinski definition) is 1. The van der Waals surface area contributed by atoms with Gasteiger partial charge in [0.25, 0.3) is 0 Å². The van der Waals surface area contributed by atoms with E-state index in [1.165, 1.54) is 30.6 Å². The second-order valence-corrected chi connectivity index (χ2v) is 7.31. The van der Waals surface area contributed by atoms with Crippen molar-refractivity contribution in [3.05, 3.63) is 22.4 Å². The fraction of sp³-hybridized carbons (Fsp3) is 0.765. The minimum atomic E-state index is 0.350. The molecule has 3 rings (SSSR count). The molecule has 2 unspecified atom stereocenters. The lowest BCUT2D eigenvalue weighted by molar-refractivity contribution is -0.0271. The first-order chi connectivity index (χ1) is 10.4. The Labute approximate surface area is 132 Å². The van der Waals surface area contributed by atoms with Crippen LogP contribution in [0.2, 0.25) is 0 Å². The summed E-state index contributed by atoms with van der Waals surface area (Å²) < 4.78 is 5.94. The van der Waals surface area contributed by atoms with Crippen molar-refractivity contribution < 1.29 is 4.74 Å². The molecule has 1 N–H and O–H groups in total. The summed E-state index contributed by atoms with van der Waals surface area (Å²) in [6, 6.07) is 5.01. The molecule has 3 nitrogen and oxygen atoms in total. The fourth-order valence-electron chi connectivity index (χ4n) is 3.71. The Bertz CT molecular complexity index is 403. The zero-order chi connectivity index (χ0) is 14.5. The molecule has 0 aromatic carbocycles. The zero-order valence-corrected chi connectivity index (χ0v) is 13.9. The molecule has 1 saturated carbocycles. The molecule has 0 amide bonds. The highest BCUT2D eigenvalue weighted by atomic mass is 32.1. The lowest BCUT2D eigenvalue weighted by Gasteiger charge is -2.34. The van der Waals surface area contributed by atoms with E-state index < -0.39 is 0 Å². The predicted molar refractivity (Wildman–Crippen MR) is 88.9 cm³/mol. The van der Waals surface area contributed by atoms with E-state index in [-0.39, 0.29) is 0 Å². The summed E-state index contributed by atoms with van der Waals surface area (Å²) >= 11 is 1.90. The first-order valence-corrected chi connectivity index (χ1v) is 9.35. The zero-order valence-electron chi connectivity index (χ0n) is 13.1. The van der Waals surface area contributed by atoms with Crippen molar-refractivity contribution in [2.45, 2.75) is 44.8 Å². The van der Waals surface area contributed by atoms with E-state index in [9.17, 15) is 0 Å². The highest BCUT2D eigenvalue weighted by Gasteiger charge is 2.28. The van der Waals surface area contributed by atoms with Crippen LogP contribution < -0.4 is 5.32 Å². The summed E-state index contributed by atoms with van der Waals surface area (Å²) in [5, 5.41) is 6.04. The second-order valence-electron chi connectivity index (χ2n) is 6.33. The molecular weight excluding hydrogens is 280 g/mol. The Morgan fingerprint density at radius 1 is 1.43 bits per heavy atom. The Morgan fingerprint density at radius 2 is 2.29 bits per heavy atom. The summed E-state index contributed by atoms with van der Waals surface area (Å²) in [5.74, 6) is 0.814. The van der Waals surface area contributed by atoms with Crippen molar-refractivity contribution in [3.8, 4) is 0 Å². The third kappa shape index (κ3) is 4.07. The first kappa shape index (κ1) is 15.5. The van der Waals surface area contributed by atoms with Crippen molar-refractivity contribution in [1.29, 1.82) is 0 Å². The van der Waals surface area contributed by atoms with Gasteiger partial charge in [0.15, 0.2) is 0 Å². The second kappa shape index (κ2) is 7.73. The number of rotatable bonds is 6. The minimum Gasteiger partial charge on any atom is -0.374 e. The molecule has 1 aliphatic carbocycles. The monoisotopic (exact) mass is 308 g/mol. The molecule has 1 aliphatic heterocycles. The molecule has 1 aromatic rings. The van der Waals surface area contributed by atoms with Gasteiger partial charge in [-0.1, -0.05) is 25.8 Å². The summed E-state index contributed by atoms with van der Waals surface area (Å²) in [6.07, 6.45) is 5.91. The van der Waals surface area contributed by atoms with Crippen LogP contribution in [0.4, 0.5) is 0 Å². The molecule has 2 heterocycles. The summed E-state index contributed by atoms with van der Waals surface area (Å²) in [4.78, 5) is 4.00. The summed E-state index contributed by atoms with van der Waals surface area (Å²) in [6.45, 7) is 7.40. The van der Waals surface area contributed by atoms with Crippen LogP contribution in [-0.4, -0.2) is 43.8 Å². The number of thiophene rings is 1. The number of nitrogens with one attached hydrogen (secondary N) is 1. The highest BCUT2D eigenvalue weighted by molar-refractivity contribution is 7.10. The van der Waals surface area contributed by atoms with Crippen LogP contribution in [0.5, 0.6) is 0 Å². The van der Waals surface area contributed by atoms with Gasteiger partial charge in [-0.15, -0.1) is 11.3 Å². The normalized spacial score (nSPS) is 26.2. The van der Waals surface area contributed by atoms with Crippen molar-refractivity contribution >= 4 is 11.3 Å². The van der Waals surface area contributed by atoms with Crippen LogP contribution in [0.25, 0.3) is 0 Å². The fourth-order valence-corrected chi connectivity index (χ4v) is 4.60. The van der Waals surface area contributed by atoms with E-state index in [2.05, 4.69) is 34.7 Å². The Kier molecular flexibility index (Phi) is 5.69. The van der Waals surface area contributed by atoms with Gasteiger partial charge in [0.05, 0.1) is 12.7 Å². The van der Waals surface area contributed by atoms with E-state index in [1.807, 2.05) is 11.3 Å². The van der Waals surface area contributed by atoms with Crippen molar-refractivity contribution in [1.82, 2.24) is 10.2 Å². The minimum absolute atomic E-state index is 0.350. The predicted octanol–water partition coefficient (Wildman–Crippen LogP) is 3.29. The molecule has 4 heteroatoms. The first-order valence-electron chi connectivity index (χ1n) is 8.47. The largest absolute Gasteiger partial charge is 0.374 e. The third-order valence-electron chi connectivity index (χ3n) is 4.96. The molecule has 0 bridgehead atoms. The smallest absolute Gasteiger partial charge is 0.0826 e. The summed E-state index contributed by atoms with van der Waals surface area (Å²) in [5.41, 5.74) is 0. The Hall–Kier alpha value is -0.420. The van der Waals surface area contributed by atoms with Crippen LogP contribution in [0.15, 0.2) is 17.5 Å². The Morgan fingerprint density at radius 3 is 3.00 bits per heavy atom. The third-order valence-corrected chi connectivity index (χ3v) is 5.91. The van der Waals surface area contributed by atoms with Gasteiger partial charge in [-0.25, -0.2) is 0 Å². The average molecular weight is 308 g/mol. The number of likely N-dealkylation sites (N-methyl/N-ethyl adjacent to an activating group) is 1. The van der Waals surface area contributed by atoms with Gasteiger partial charge in [0.1, 0.15) is 0 Å². The number of hydrogen-bond acceptors (Lipinski definition) is 4. The molecule has 1 saturated heterocycles. The van der Waals surface area contributed by atoms with Crippen molar-refractivity contribution in [3.63, 3.8) is 0 Å². The molecule has 1 aromatic heterocycles. The van der Waals surface area contributed by atoms with Crippen LogP contribution in [0.3, 0.4) is 0 Å². The van der Waals surface area contributed by atoms with E-state index in [0.29, 0.717) is 12.1 Å². The molecule has 0 radical (unpaired) electrons. The summed E-state index contributed by atoms with van der Waals surface area (Å²) in [7, 11) is 0. The molecule has 2 fully saturated rings. The van der Waals surface area contributed by atoms with Gasteiger partial charge >= 0.3 is 0 Å². The van der Waals surface area contributed by atoms with Crippen molar-refractivity contribution in [2.75, 3.05) is 32.8 Å². The molecule has 2 atom stereocenters. The van der Waals surface area contributed by atoms with Crippen LogP contribution in [0.1, 0.15) is 43.5 Å². The van der Waals surface area contributed by atoms with Gasteiger partial charge in [-0.3, -0.25) is 4.90 Å². The maximum absolute atomic E-state index is 5.94. The van der Waals surface area contributed by atoms with E-state index >= 15 is 0 Å². The molecular formula is C17H28N2OS. The molecule has 118 valence electrons. The van der Waals surface area contributed by atoms with Crippen LogP contribution in [0, 0.1) is 5.92 Å². The van der Waals surface area contributed by atoms with Gasteiger partial charge in [0, 0.05) is 30.6 Å². The maximum Gasteiger partial charge on any atom is 0.0826 e. The lowest BCUT2D eigenvalue weighted by Crippen LogP contribution is -2.47. The quantitative estimate of drug-likeness (QED) is 0.873. The number of morpholine rings is 1. The maximum atomic E-state index is 5.94. The van der Waals surface area contributed by atoms with E-state index in [1.54, 1.807) is 0 Å².